The molecule has 2 aromatic rings. The quantitative estimate of drug-likeness (QED) is 0.754. The van der Waals surface area contributed by atoms with Crippen molar-refractivity contribution < 1.29 is 9.13 Å². The molecule has 1 fully saturated rings. The minimum atomic E-state index is -0.170. The molecule has 1 aliphatic heterocycles. The van der Waals surface area contributed by atoms with Crippen molar-refractivity contribution in [3.63, 3.8) is 0 Å². The molecule has 1 heterocycles. The van der Waals surface area contributed by atoms with Crippen LogP contribution < -0.4 is 5.32 Å². The molecular weight excluding hydrogens is 313 g/mol. The third-order valence-electron chi connectivity index (χ3n) is 5.38. The Kier molecular flexibility index (Phi) is 5.87. The van der Waals surface area contributed by atoms with Crippen LogP contribution in [0.2, 0.25) is 0 Å². The first kappa shape index (κ1) is 18.1. The monoisotopic (exact) mass is 341 g/mol. The van der Waals surface area contributed by atoms with E-state index < -0.39 is 0 Å². The smallest absolute Gasteiger partial charge is 0.123 e. The van der Waals surface area contributed by atoms with E-state index in [1.54, 1.807) is 12.1 Å². The van der Waals surface area contributed by atoms with Crippen LogP contribution in [0.4, 0.5) is 4.39 Å². The molecule has 0 saturated carbocycles. The highest BCUT2D eigenvalue weighted by Gasteiger charge is 2.40. The van der Waals surface area contributed by atoms with Crippen LogP contribution in [0.3, 0.4) is 0 Å². The molecule has 1 saturated heterocycles. The van der Waals surface area contributed by atoms with E-state index in [2.05, 4.69) is 43.4 Å². The van der Waals surface area contributed by atoms with Crippen molar-refractivity contribution in [1.29, 1.82) is 0 Å². The van der Waals surface area contributed by atoms with Gasteiger partial charge in [0, 0.05) is 13.2 Å². The second-order valence-corrected chi connectivity index (χ2v) is 7.46. The highest BCUT2D eigenvalue weighted by atomic mass is 19.1. The molecule has 0 aromatic heterocycles. The van der Waals surface area contributed by atoms with Crippen molar-refractivity contribution in [3.8, 4) is 0 Å². The molecule has 25 heavy (non-hydrogen) atoms. The summed E-state index contributed by atoms with van der Waals surface area (Å²) in [7, 11) is 0. The van der Waals surface area contributed by atoms with Crippen LogP contribution in [0.15, 0.2) is 54.6 Å². The lowest BCUT2D eigenvalue weighted by atomic mass is 9.71. The van der Waals surface area contributed by atoms with E-state index in [0.29, 0.717) is 11.8 Å². The predicted octanol–water partition coefficient (Wildman–Crippen LogP) is 4.90. The summed E-state index contributed by atoms with van der Waals surface area (Å²) >= 11 is 0. The highest BCUT2D eigenvalue weighted by Crippen LogP contribution is 2.43. The van der Waals surface area contributed by atoms with Gasteiger partial charge in [-0.2, -0.15) is 0 Å². The first-order chi connectivity index (χ1) is 12.1. The number of hydrogen-bond acceptors (Lipinski definition) is 2. The number of benzene rings is 2. The van der Waals surface area contributed by atoms with Gasteiger partial charge in [0.1, 0.15) is 5.82 Å². The van der Waals surface area contributed by atoms with Crippen LogP contribution in [0, 0.1) is 11.7 Å². The minimum absolute atomic E-state index is 0.161. The number of halogens is 1. The Morgan fingerprint density at radius 1 is 1.08 bits per heavy atom. The molecule has 1 N–H and O–H groups in total. The average molecular weight is 341 g/mol. The first-order valence-corrected chi connectivity index (χ1v) is 9.20. The zero-order valence-electron chi connectivity index (χ0n) is 15.2. The van der Waals surface area contributed by atoms with Gasteiger partial charge in [0.15, 0.2) is 0 Å². The van der Waals surface area contributed by atoms with Gasteiger partial charge < -0.3 is 10.1 Å². The third kappa shape index (κ3) is 4.68. The van der Waals surface area contributed by atoms with Crippen molar-refractivity contribution >= 4 is 0 Å². The summed E-state index contributed by atoms with van der Waals surface area (Å²) in [6.45, 7) is 6.97. The van der Waals surface area contributed by atoms with Gasteiger partial charge in [0.2, 0.25) is 0 Å². The van der Waals surface area contributed by atoms with Crippen LogP contribution in [0.1, 0.15) is 43.7 Å². The van der Waals surface area contributed by atoms with Gasteiger partial charge in [0.05, 0.1) is 5.60 Å². The summed E-state index contributed by atoms with van der Waals surface area (Å²) in [5.41, 5.74) is 2.37. The van der Waals surface area contributed by atoms with E-state index >= 15 is 0 Å². The SMILES string of the molecule is CC1(C)OCCC(c2ccc(F)cc2)C1CCNCc1ccccc1. The van der Waals surface area contributed by atoms with Gasteiger partial charge in [-0.15, -0.1) is 0 Å². The van der Waals surface area contributed by atoms with Crippen molar-refractivity contribution in [2.24, 2.45) is 5.92 Å². The Balaban J connectivity index is 1.63. The molecular formula is C22H28FNO. The fourth-order valence-corrected chi connectivity index (χ4v) is 3.99. The molecule has 0 amide bonds. The van der Waals surface area contributed by atoms with E-state index in [0.717, 1.165) is 32.5 Å². The molecule has 134 valence electrons. The topological polar surface area (TPSA) is 21.3 Å². The molecule has 2 nitrogen and oxygen atoms in total. The zero-order chi connectivity index (χ0) is 17.7. The Labute approximate surface area is 150 Å². The number of rotatable bonds is 6. The molecule has 1 aliphatic rings. The summed E-state index contributed by atoms with van der Waals surface area (Å²) < 4.78 is 19.3. The van der Waals surface area contributed by atoms with Gasteiger partial charge in [-0.1, -0.05) is 42.5 Å². The Morgan fingerprint density at radius 2 is 1.80 bits per heavy atom. The highest BCUT2D eigenvalue weighted by molar-refractivity contribution is 5.23. The van der Waals surface area contributed by atoms with Crippen LogP contribution in [-0.2, 0) is 11.3 Å². The summed E-state index contributed by atoms with van der Waals surface area (Å²) in [5.74, 6) is 0.661. The maximum absolute atomic E-state index is 13.3. The van der Waals surface area contributed by atoms with Crippen LogP contribution in [0.5, 0.6) is 0 Å². The van der Waals surface area contributed by atoms with E-state index in [9.17, 15) is 4.39 Å². The van der Waals surface area contributed by atoms with Gasteiger partial charge >= 0.3 is 0 Å². The molecule has 3 heteroatoms. The fourth-order valence-electron chi connectivity index (χ4n) is 3.99. The Bertz CT molecular complexity index is 653. The Hall–Kier alpha value is -1.71. The summed E-state index contributed by atoms with van der Waals surface area (Å²) in [6.07, 6.45) is 2.04. The van der Waals surface area contributed by atoms with Gasteiger partial charge in [-0.3, -0.25) is 0 Å². The van der Waals surface area contributed by atoms with Crippen LogP contribution in [-0.4, -0.2) is 18.8 Å². The number of hydrogen-bond donors (Lipinski definition) is 1. The fraction of sp³-hybridized carbons (Fsp3) is 0.455. The van der Waals surface area contributed by atoms with E-state index in [1.807, 2.05) is 18.2 Å². The summed E-state index contributed by atoms with van der Waals surface area (Å²) in [6, 6.07) is 17.5. The van der Waals surface area contributed by atoms with E-state index in [1.165, 1.54) is 11.1 Å². The molecule has 3 rings (SSSR count). The van der Waals surface area contributed by atoms with Crippen LogP contribution >= 0.6 is 0 Å². The molecule has 2 aromatic carbocycles. The minimum Gasteiger partial charge on any atom is -0.375 e. The standard InChI is InChI=1S/C22H28FNO/c1-22(2)21(12-14-24-16-17-6-4-3-5-7-17)20(13-15-25-22)18-8-10-19(23)11-9-18/h3-11,20-21,24H,12-16H2,1-2H3. The van der Waals surface area contributed by atoms with Gasteiger partial charge in [-0.05, 0) is 68.3 Å². The number of ether oxygens (including phenoxy) is 1. The first-order valence-electron chi connectivity index (χ1n) is 9.20. The molecule has 0 spiro atoms. The summed E-state index contributed by atoms with van der Waals surface area (Å²) in [5, 5.41) is 3.55. The van der Waals surface area contributed by atoms with Crippen LogP contribution in [0.25, 0.3) is 0 Å². The third-order valence-corrected chi connectivity index (χ3v) is 5.38. The second-order valence-electron chi connectivity index (χ2n) is 7.46. The zero-order valence-corrected chi connectivity index (χ0v) is 15.2. The number of nitrogens with one attached hydrogen (secondary N) is 1. The lowest BCUT2D eigenvalue weighted by molar-refractivity contribution is -0.105. The van der Waals surface area contributed by atoms with E-state index in [-0.39, 0.29) is 11.4 Å². The second kappa shape index (κ2) is 8.11. The van der Waals surface area contributed by atoms with Crippen molar-refractivity contribution in [2.75, 3.05) is 13.2 Å². The molecule has 0 aliphatic carbocycles. The molecule has 2 unspecified atom stereocenters. The van der Waals surface area contributed by atoms with Gasteiger partial charge in [0.25, 0.3) is 0 Å². The average Bonchev–Trinajstić information content (AvgIpc) is 2.61. The van der Waals surface area contributed by atoms with Crippen molar-refractivity contribution in [1.82, 2.24) is 5.32 Å². The summed E-state index contributed by atoms with van der Waals surface area (Å²) in [4.78, 5) is 0. The van der Waals surface area contributed by atoms with Crippen molar-refractivity contribution in [2.45, 2.75) is 44.8 Å². The lowest BCUT2D eigenvalue weighted by Gasteiger charge is -2.44. The van der Waals surface area contributed by atoms with E-state index in [4.69, 9.17) is 4.74 Å². The maximum atomic E-state index is 13.3. The predicted molar refractivity (Wildman–Crippen MR) is 100 cm³/mol. The Morgan fingerprint density at radius 3 is 2.52 bits per heavy atom. The maximum Gasteiger partial charge on any atom is 0.123 e. The molecule has 0 bridgehead atoms. The molecule has 2 atom stereocenters. The largest absolute Gasteiger partial charge is 0.375 e. The normalized spacial score (nSPS) is 22.7. The lowest BCUT2D eigenvalue weighted by Crippen LogP contribution is -2.44. The van der Waals surface area contributed by atoms with Gasteiger partial charge in [-0.25, -0.2) is 4.39 Å². The molecule has 0 radical (unpaired) electrons. The van der Waals surface area contributed by atoms with Crippen molar-refractivity contribution in [3.05, 3.63) is 71.5 Å².